The molecule has 0 spiro atoms. The normalized spacial score (nSPS) is 26.1. The Morgan fingerprint density at radius 1 is 1.28 bits per heavy atom. The zero-order valence-corrected chi connectivity index (χ0v) is 11.5. The molecule has 0 aliphatic carbocycles. The monoisotopic (exact) mass is 247 g/mol. The highest BCUT2D eigenvalue weighted by Crippen LogP contribution is 2.21. The summed E-state index contributed by atoms with van der Waals surface area (Å²) < 4.78 is 0. The van der Waals surface area contributed by atoms with Gasteiger partial charge in [-0.3, -0.25) is 4.90 Å². The van der Waals surface area contributed by atoms with Gasteiger partial charge in [0.05, 0.1) is 0 Å². The number of para-hydroxylation sites is 1. The average Bonchev–Trinajstić information content (AvgIpc) is 2.54. The summed E-state index contributed by atoms with van der Waals surface area (Å²) in [5.74, 6) is 0. The molecule has 2 N–H and O–H groups in total. The second kappa shape index (κ2) is 6.21. The van der Waals surface area contributed by atoms with Gasteiger partial charge in [-0.1, -0.05) is 18.2 Å². The van der Waals surface area contributed by atoms with Crippen molar-refractivity contribution in [3.05, 3.63) is 30.3 Å². The van der Waals surface area contributed by atoms with Crippen molar-refractivity contribution in [3.63, 3.8) is 0 Å². The minimum Gasteiger partial charge on any atom is -0.370 e. The third-order valence-corrected chi connectivity index (χ3v) is 4.14. The molecule has 0 aromatic heterocycles. The number of likely N-dealkylation sites (N-methyl/N-ethyl adjacent to an activating group) is 1. The van der Waals surface area contributed by atoms with Gasteiger partial charge in [0.25, 0.3) is 0 Å². The molecule has 0 radical (unpaired) electrons. The first kappa shape index (κ1) is 13.4. The molecule has 1 aliphatic heterocycles. The van der Waals surface area contributed by atoms with Crippen LogP contribution in [-0.4, -0.2) is 43.7 Å². The summed E-state index contributed by atoms with van der Waals surface area (Å²) in [6.07, 6.45) is 2.29. The van der Waals surface area contributed by atoms with Gasteiger partial charge in [-0.2, -0.15) is 0 Å². The Kier molecular flexibility index (Phi) is 4.61. The molecule has 0 saturated carbocycles. The molecule has 3 nitrogen and oxygen atoms in total. The highest BCUT2D eigenvalue weighted by atomic mass is 15.2. The number of nitrogens with zero attached hydrogens (tertiary/aromatic N) is 2. The smallest absolute Gasteiger partial charge is 0.0366 e. The first-order chi connectivity index (χ1) is 8.72. The fourth-order valence-electron chi connectivity index (χ4n) is 2.74. The van der Waals surface area contributed by atoms with Gasteiger partial charge in [0.15, 0.2) is 0 Å². The minimum absolute atomic E-state index is 0.563. The van der Waals surface area contributed by atoms with Crippen LogP contribution in [0.2, 0.25) is 0 Å². The van der Waals surface area contributed by atoms with Crippen LogP contribution in [0.25, 0.3) is 0 Å². The lowest BCUT2D eigenvalue weighted by Gasteiger charge is -2.32. The van der Waals surface area contributed by atoms with E-state index in [1.165, 1.54) is 12.1 Å². The van der Waals surface area contributed by atoms with Crippen molar-refractivity contribution in [2.45, 2.75) is 31.8 Å². The Labute approximate surface area is 111 Å². The molecule has 1 aliphatic rings. The van der Waals surface area contributed by atoms with Crippen LogP contribution < -0.4 is 10.6 Å². The zero-order chi connectivity index (χ0) is 13.0. The van der Waals surface area contributed by atoms with Gasteiger partial charge in [0.1, 0.15) is 0 Å². The SMILES string of the molecule is CC1CCN(c2ccccc2)CC(CCN)N1C. The summed E-state index contributed by atoms with van der Waals surface area (Å²) >= 11 is 0. The topological polar surface area (TPSA) is 32.5 Å². The number of hydrogen-bond donors (Lipinski definition) is 1. The molecule has 100 valence electrons. The molecular weight excluding hydrogens is 222 g/mol. The van der Waals surface area contributed by atoms with E-state index in [2.05, 4.69) is 54.1 Å². The first-order valence-electron chi connectivity index (χ1n) is 6.94. The summed E-state index contributed by atoms with van der Waals surface area (Å²) in [4.78, 5) is 5.00. The summed E-state index contributed by atoms with van der Waals surface area (Å²) in [5, 5.41) is 0. The van der Waals surface area contributed by atoms with E-state index in [4.69, 9.17) is 5.73 Å². The highest BCUT2D eigenvalue weighted by molar-refractivity contribution is 5.46. The van der Waals surface area contributed by atoms with Crippen molar-refractivity contribution in [3.8, 4) is 0 Å². The van der Waals surface area contributed by atoms with Crippen molar-refractivity contribution >= 4 is 5.69 Å². The molecule has 2 unspecified atom stereocenters. The van der Waals surface area contributed by atoms with Gasteiger partial charge < -0.3 is 10.6 Å². The molecule has 0 bridgehead atoms. The number of hydrogen-bond acceptors (Lipinski definition) is 3. The fourth-order valence-corrected chi connectivity index (χ4v) is 2.74. The largest absolute Gasteiger partial charge is 0.370 e. The maximum absolute atomic E-state index is 5.76. The quantitative estimate of drug-likeness (QED) is 0.886. The van der Waals surface area contributed by atoms with Gasteiger partial charge >= 0.3 is 0 Å². The second-order valence-corrected chi connectivity index (χ2v) is 5.32. The molecule has 1 heterocycles. The lowest BCUT2D eigenvalue weighted by atomic mass is 10.1. The summed E-state index contributed by atoms with van der Waals surface area (Å²) in [7, 11) is 2.24. The van der Waals surface area contributed by atoms with Crippen LogP contribution in [0.5, 0.6) is 0 Å². The van der Waals surface area contributed by atoms with E-state index in [-0.39, 0.29) is 0 Å². The fraction of sp³-hybridized carbons (Fsp3) is 0.600. The average molecular weight is 247 g/mol. The molecule has 1 fully saturated rings. The molecule has 2 atom stereocenters. The van der Waals surface area contributed by atoms with Crippen molar-refractivity contribution in [2.75, 3.05) is 31.6 Å². The van der Waals surface area contributed by atoms with Gasteiger partial charge in [-0.05, 0) is 45.5 Å². The Hall–Kier alpha value is -1.06. The molecule has 18 heavy (non-hydrogen) atoms. The van der Waals surface area contributed by atoms with E-state index in [9.17, 15) is 0 Å². The van der Waals surface area contributed by atoms with E-state index in [1.54, 1.807) is 0 Å². The molecule has 1 aromatic rings. The molecule has 1 aromatic carbocycles. The lowest BCUT2D eigenvalue weighted by molar-refractivity contribution is 0.190. The summed E-state index contributed by atoms with van der Waals surface area (Å²) in [5.41, 5.74) is 7.09. The predicted octanol–water partition coefficient (Wildman–Crippen LogP) is 1.93. The maximum atomic E-state index is 5.76. The molecule has 2 rings (SSSR count). The Morgan fingerprint density at radius 3 is 2.67 bits per heavy atom. The molecule has 3 heteroatoms. The maximum Gasteiger partial charge on any atom is 0.0366 e. The minimum atomic E-state index is 0.563. The van der Waals surface area contributed by atoms with Crippen LogP contribution in [0.1, 0.15) is 19.8 Å². The Bertz CT molecular complexity index is 352. The van der Waals surface area contributed by atoms with Crippen LogP contribution in [0.3, 0.4) is 0 Å². The van der Waals surface area contributed by atoms with Gasteiger partial charge in [0.2, 0.25) is 0 Å². The van der Waals surface area contributed by atoms with Crippen LogP contribution in [0.4, 0.5) is 5.69 Å². The third-order valence-electron chi connectivity index (χ3n) is 4.14. The number of nitrogens with two attached hydrogens (primary N) is 1. The number of benzene rings is 1. The van der Waals surface area contributed by atoms with Crippen LogP contribution in [0.15, 0.2) is 30.3 Å². The second-order valence-electron chi connectivity index (χ2n) is 5.32. The summed E-state index contributed by atoms with van der Waals surface area (Å²) in [6.45, 7) is 5.31. The van der Waals surface area contributed by atoms with Crippen LogP contribution in [0, 0.1) is 0 Å². The van der Waals surface area contributed by atoms with Gasteiger partial charge in [-0.15, -0.1) is 0 Å². The Morgan fingerprint density at radius 2 is 2.00 bits per heavy atom. The van der Waals surface area contributed by atoms with Crippen molar-refractivity contribution in [1.82, 2.24) is 4.90 Å². The van der Waals surface area contributed by atoms with Crippen molar-refractivity contribution < 1.29 is 0 Å². The molecule has 1 saturated heterocycles. The van der Waals surface area contributed by atoms with Crippen molar-refractivity contribution in [1.29, 1.82) is 0 Å². The van der Waals surface area contributed by atoms with Crippen LogP contribution >= 0.6 is 0 Å². The Balaban J connectivity index is 2.13. The van der Waals surface area contributed by atoms with E-state index in [0.29, 0.717) is 12.1 Å². The standard InChI is InChI=1S/C15H25N3/c1-13-9-11-18(14-6-4-3-5-7-14)12-15(8-10-16)17(13)2/h3-7,13,15H,8-12,16H2,1-2H3. The van der Waals surface area contributed by atoms with Crippen molar-refractivity contribution in [2.24, 2.45) is 5.73 Å². The van der Waals surface area contributed by atoms with E-state index in [0.717, 1.165) is 26.1 Å². The molecule has 0 amide bonds. The van der Waals surface area contributed by atoms with Gasteiger partial charge in [-0.25, -0.2) is 0 Å². The number of rotatable bonds is 3. The first-order valence-corrected chi connectivity index (χ1v) is 6.94. The highest BCUT2D eigenvalue weighted by Gasteiger charge is 2.26. The predicted molar refractivity (Wildman–Crippen MR) is 78.0 cm³/mol. The van der Waals surface area contributed by atoms with E-state index < -0.39 is 0 Å². The van der Waals surface area contributed by atoms with Crippen LogP contribution in [-0.2, 0) is 0 Å². The third kappa shape index (κ3) is 3.03. The molecular formula is C15H25N3. The lowest BCUT2D eigenvalue weighted by Crippen LogP contribution is -2.42. The summed E-state index contributed by atoms with van der Waals surface area (Å²) in [6, 6.07) is 11.9. The zero-order valence-electron chi connectivity index (χ0n) is 11.5. The van der Waals surface area contributed by atoms with E-state index >= 15 is 0 Å². The number of anilines is 1. The van der Waals surface area contributed by atoms with Gasteiger partial charge in [0, 0.05) is 30.9 Å². The van der Waals surface area contributed by atoms with E-state index in [1.807, 2.05) is 0 Å².